The lowest BCUT2D eigenvalue weighted by molar-refractivity contribution is -0.131. The van der Waals surface area contributed by atoms with E-state index in [9.17, 15) is 9.59 Å². The van der Waals surface area contributed by atoms with Crippen LogP contribution in [-0.2, 0) is 9.53 Å². The molecule has 0 aromatic heterocycles. The topological polar surface area (TPSA) is 52.6 Å². The van der Waals surface area contributed by atoms with Crippen molar-refractivity contribution in [3.05, 3.63) is 41.5 Å². The van der Waals surface area contributed by atoms with Gasteiger partial charge in [0.1, 0.15) is 5.75 Å². The maximum absolute atomic E-state index is 11.5. The molecule has 0 amide bonds. The molecule has 0 saturated carbocycles. The number of carbonyl (C=O) groups excluding carboxylic acids is 2. The number of methoxy groups -OCH3 is 1. The number of benzene rings is 2. The van der Waals surface area contributed by atoms with Crippen molar-refractivity contribution >= 4 is 22.7 Å². The highest BCUT2D eigenvalue weighted by Gasteiger charge is 2.09. The van der Waals surface area contributed by atoms with E-state index in [2.05, 4.69) is 0 Å². The van der Waals surface area contributed by atoms with Crippen molar-refractivity contribution in [2.75, 3.05) is 7.11 Å². The standard InChI is InChI=1S/C15H14O4/c1-9-6-12(15(17)18-3)7-11-4-5-13(8-14(9)11)19-10(2)16/h4-8H,1-3H3. The van der Waals surface area contributed by atoms with Crippen LogP contribution in [0.3, 0.4) is 0 Å². The second-order valence-corrected chi connectivity index (χ2v) is 4.26. The van der Waals surface area contributed by atoms with Gasteiger partial charge < -0.3 is 9.47 Å². The van der Waals surface area contributed by atoms with E-state index in [0.29, 0.717) is 11.3 Å². The molecular formula is C15H14O4. The molecule has 0 aliphatic heterocycles. The fraction of sp³-hybridized carbons (Fsp3) is 0.200. The zero-order valence-electron chi connectivity index (χ0n) is 11.0. The van der Waals surface area contributed by atoms with Gasteiger partial charge in [0.25, 0.3) is 0 Å². The van der Waals surface area contributed by atoms with Crippen LogP contribution in [0.5, 0.6) is 5.75 Å². The van der Waals surface area contributed by atoms with Crippen LogP contribution in [0.25, 0.3) is 10.8 Å². The number of aryl methyl sites for hydroxylation is 1. The first kappa shape index (κ1) is 13.1. The summed E-state index contributed by atoms with van der Waals surface area (Å²) in [5.41, 5.74) is 1.43. The summed E-state index contributed by atoms with van der Waals surface area (Å²) in [5.74, 6) is -0.230. The molecule has 0 aliphatic rings. The van der Waals surface area contributed by atoms with Crippen molar-refractivity contribution in [1.29, 1.82) is 0 Å². The van der Waals surface area contributed by atoms with Crippen LogP contribution >= 0.6 is 0 Å². The van der Waals surface area contributed by atoms with E-state index in [4.69, 9.17) is 9.47 Å². The molecule has 2 aromatic carbocycles. The summed E-state index contributed by atoms with van der Waals surface area (Å²) in [5, 5.41) is 1.84. The first-order valence-corrected chi connectivity index (χ1v) is 5.82. The second kappa shape index (κ2) is 5.10. The van der Waals surface area contributed by atoms with Crippen LogP contribution < -0.4 is 4.74 Å². The molecule has 0 saturated heterocycles. The van der Waals surface area contributed by atoms with Crippen molar-refractivity contribution in [1.82, 2.24) is 0 Å². The Kier molecular flexibility index (Phi) is 3.51. The molecule has 0 fully saturated rings. The van der Waals surface area contributed by atoms with Crippen molar-refractivity contribution in [3.8, 4) is 5.75 Å². The molecule has 4 nitrogen and oxygen atoms in total. The third-order valence-corrected chi connectivity index (χ3v) is 2.82. The van der Waals surface area contributed by atoms with E-state index in [1.807, 2.05) is 13.0 Å². The number of hydrogen-bond donors (Lipinski definition) is 0. The summed E-state index contributed by atoms with van der Waals surface area (Å²) in [6.45, 7) is 3.25. The van der Waals surface area contributed by atoms with E-state index >= 15 is 0 Å². The molecule has 2 rings (SSSR count). The number of fused-ring (bicyclic) bond motifs is 1. The number of hydrogen-bond acceptors (Lipinski definition) is 4. The lowest BCUT2D eigenvalue weighted by Crippen LogP contribution is -2.03. The predicted molar refractivity (Wildman–Crippen MR) is 71.3 cm³/mol. The van der Waals surface area contributed by atoms with Gasteiger partial charge in [0.2, 0.25) is 0 Å². The average molecular weight is 258 g/mol. The lowest BCUT2D eigenvalue weighted by atomic mass is 10.0. The molecular weight excluding hydrogens is 244 g/mol. The van der Waals surface area contributed by atoms with Gasteiger partial charge in [-0.15, -0.1) is 0 Å². The smallest absolute Gasteiger partial charge is 0.337 e. The summed E-state index contributed by atoms with van der Waals surface area (Å²) in [4.78, 5) is 22.5. The Morgan fingerprint density at radius 2 is 1.84 bits per heavy atom. The first-order chi connectivity index (χ1) is 9.01. The third kappa shape index (κ3) is 2.73. The SMILES string of the molecule is COC(=O)c1cc(C)c2cc(OC(C)=O)ccc2c1. The van der Waals surface area contributed by atoms with E-state index < -0.39 is 0 Å². The maximum Gasteiger partial charge on any atom is 0.337 e. The molecule has 98 valence electrons. The molecule has 0 heterocycles. The quantitative estimate of drug-likeness (QED) is 0.614. The molecule has 0 unspecified atom stereocenters. The number of carbonyl (C=O) groups is 2. The van der Waals surface area contributed by atoms with Gasteiger partial charge in [-0.2, -0.15) is 0 Å². The Morgan fingerprint density at radius 3 is 2.47 bits per heavy atom. The highest BCUT2D eigenvalue weighted by Crippen LogP contribution is 2.25. The molecule has 2 aromatic rings. The van der Waals surface area contributed by atoms with Gasteiger partial charge in [0, 0.05) is 6.92 Å². The van der Waals surface area contributed by atoms with Crippen LogP contribution in [0.4, 0.5) is 0 Å². The van der Waals surface area contributed by atoms with Gasteiger partial charge in [0.15, 0.2) is 0 Å². The fourth-order valence-corrected chi connectivity index (χ4v) is 1.99. The minimum Gasteiger partial charge on any atom is -0.465 e. The van der Waals surface area contributed by atoms with Crippen LogP contribution in [0.15, 0.2) is 30.3 Å². The van der Waals surface area contributed by atoms with Crippen molar-refractivity contribution < 1.29 is 19.1 Å². The summed E-state index contributed by atoms with van der Waals surface area (Å²) in [7, 11) is 1.35. The van der Waals surface area contributed by atoms with E-state index in [1.165, 1.54) is 14.0 Å². The molecule has 0 spiro atoms. The molecule has 0 bridgehead atoms. The summed E-state index contributed by atoms with van der Waals surface area (Å²) >= 11 is 0. The summed E-state index contributed by atoms with van der Waals surface area (Å²) in [6, 6.07) is 8.81. The molecule has 0 atom stereocenters. The number of ether oxygens (including phenoxy) is 2. The van der Waals surface area contributed by atoms with Crippen LogP contribution in [0.2, 0.25) is 0 Å². The van der Waals surface area contributed by atoms with E-state index in [-0.39, 0.29) is 11.9 Å². The first-order valence-electron chi connectivity index (χ1n) is 5.82. The molecule has 0 N–H and O–H groups in total. The number of esters is 2. The van der Waals surface area contributed by atoms with Gasteiger partial charge in [-0.1, -0.05) is 6.07 Å². The summed E-state index contributed by atoms with van der Waals surface area (Å²) in [6.07, 6.45) is 0. The molecule has 4 heteroatoms. The minimum atomic E-state index is -0.367. The highest BCUT2D eigenvalue weighted by atomic mass is 16.5. The van der Waals surface area contributed by atoms with Crippen molar-refractivity contribution in [2.45, 2.75) is 13.8 Å². The normalized spacial score (nSPS) is 10.3. The average Bonchev–Trinajstić information content (AvgIpc) is 2.37. The largest absolute Gasteiger partial charge is 0.465 e. The van der Waals surface area contributed by atoms with Gasteiger partial charge in [-0.25, -0.2) is 4.79 Å². The second-order valence-electron chi connectivity index (χ2n) is 4.26. The monoisotopic (exact) mass is 258 g/mol. The Labute approximate surface area is 110 Å². The summed E-state index contributed by atoms with van der Waals surface area (Å²) < 4.78 is 9.75. The highest BCUT2D eigenvalue weighted by molar-refractivity contribution is 5.97. The predicted octanol–water partition coefficient (Wildman–Crippen LogP) is 2.86. The lowest BCUT2D eigenvalue weighted by Gasteiger charge is -2.08. The van der Waals surface area contributed by atoms with Crippen LogP contribution in [0.1, 0.15) is 22.8 Å². The Balaban J connectivity index is 2.53. The number of rotatable bonds is 2. The Bertz CT molecular complexity index is 658. The van der Waals surface area contributed by atoms with Gasteiger partial charge >= 0.3 is 11.9 Å². The minimum absolute atomic E-state index is 0.358. The molecule has 0 aliphatic carbocycles. The molecule has 0 radical (unpaired) electrons. The zero-order chi connectivity index (χ0) is 14.0. The zero-order valence-corrected chi connectivity index (χ0v) is 11.0. The maximum atomic E-state index is 11.5. The van der Waals surface area contributed by atoms with Crippen molar-refractivity contribution in [3.63, 3.8) is 0 Å². The van der Waals surface area contributed by atoms with Crippen LogP contribution in [0, 0.1) is 6.92 Å². The molecule has 19 heavy (non-hydrogen) atoms. The van der Waals surface area contributed by atoms with Crippen molar-refractivity contribution in [2.24, 2.45) is 0 Å². The van der Waals surface area contributed by atoms with Gasteiger partial charge in [-0.05, 0) is 47.5 Å². The van der Waals surface area contributed by atoms with E-state index in [0.717, 1.165) is 16.3 Å². The Hall–Kier alpha value is -2.36. The fourth-order valence-electron chi connectivity index (χ4n) is 1.99. The van der Waals surface area contributed by atoms with E-state index in [1.54, 1.807) is 24.3 Å². The third-order valence-electron chi connectivity index (χ3n) is 2.82. The van der Waals surface area contributed by atoms with Gasteiger partial charge in [0.05, 0.1) is 12.7 Å². The van der Waals surface area contributed by atoms with Gasteiger partial charge in [-0.3, -0.25) is 4.79 Å². The van der Waals surface area contributed by atoms with Crippen LogP contribution in [-0.4, -0.2) is 19.0 Å². The Morgan fingerprint density at radius 1 is 1.11 bits per heavy atom.